The summed E-state index contributed by atoms with van der Waals surface area (Å²) in [4.78, 5) is 0. The number of nitriles is 1. The Hall–Kier alpha value is -2.57. The molecule has 3 heteroatoms. The minimum atomic E-state index is 0.525. The maximum atomic E-state index is 8.84. The lowest BCUT2D eigenvalue weighted by Crippen LogP contribution is -1.96. The molecule has 0 aliphatic heterocycles. The van der Waals surface area contributed by atoms with Crippen LogP contribution < -0.4 is 4.74 Å². The van der Waals surface area contributed by atoms with Crippen LogP contribution in [0.1, 0.15) is 11.1 Å². The molecule has 0 bridgehead atoms. The van der Waals surface area contributed by atoms with Crippen molar-refractivity contribution in [2.45, 2.75) is 6.61 Å². The van der Waals surface area contributed by atoms with Gasteiger partial charge in [-0.15, -0.1) is 0 Å². The number of nitrogens with zero attached hydrogens (tertiary/aromatic N) is 1. The Balaban J connectivity index is 1.69. The highest BCUT2D eigenvalue weighted by atomic mass is 79.9. The van der Waals surface area contributed by atoms with Gasteiger partial charge in [-0.1, -0.05) is 58.4 Å². The lowest BCUT2D eigenvalue weighted by atomic mass is 10.0. The maximum Gasteiger partial charge on any atom is 0.119 e. The van der Waals surface area contributed by atoms with E-state index < -0.39 is 0 Å². The van der Waals surface area contributed by atoms with Gasteiger partial charge in [0.2, 0.25) is 0 Å². The second-order valence-electron chi connectivity index (χ2n) is 5.09. The Kier molecular flexibility index (Phi) is 4.75. The molecule has 0 saturated heterocycles. The van der Waals surface area contributed by atoms with Gasteiger partial charge in [-0.25, -0.2) is 0 Å². The van der Waals surface area contributed by atoms with E-state index in [0.717, 1.165) is 26.9 Å². The van der Waals surface area contributed by atoms with Crippen LogP contribution in [0.15, 0.2) is 77.3 Å². The van der Waals surface area contributed by atoms with Gasteiger partial charge in [0.05, 0.1) is 11.6 Å². The third-order valence-electron chi connectivity index (χ3n) is 3.55. The summed E-state index contributed by atoms with van der Waals surface area (Å²) in [5.74, 6) is 0.832. The highest BCUT2D eigenvalue weighted by Crippen LogP contribution is 2.24. The van der Waals surface area contributed by atoms with Crippen molar-refractivity contribution in [3.63, 3.8) is 0 Å². The molecule has 0 amide bonds. The summed E-state index contributed by atoms with van der Waals surface area (Å²) < 4.78 is 6.88. The fraction of sp³-hybridized carbons (Fsp3) is 0.0500. The quantitative estimate of drug-likeness (QED) is 0.607. The molecular weight excluding hydrogens is 350 g/mol. The molecule has 0 fully saturated rings. The van der Waals surface area contributed by atoms with Gasteiger partial charge in [0, 0.05) is 10.0 Å². The Bertz CT molecular complexity index is 833. The molecule has 0 heterocycles. The highest BCUT2D eigenvalue weighted by molar-refractivity contribution is 9.10. The first-order chi connectivity index (χ1) is 11.3. The fourth-order valence-electron chi connectivity index (χ4n) is 2.26. The summed E-state index contributed by atoms with van der Waals surface area (Å²) in [6.45, 7) is 0.525. The van der Waals surface area contributed by atoms with Crippen molar-refractivity contribution in [1.29, 1.82) is 5.26 Å². The summed E-state index contributed by atoms with van der Waals surface area (Å²) in [5.41, 5.74) is 3.97. The van der Waals surface area contributed by atoms with Gasteiger partial charge >= 0.3 is 0 Å². The van der Waals surface area contributed by atoms with E-state index in [0.29, 0.717) is 12.2 Å². The third kappa shape index (κ3) is 3.80. The molecule has 0 aliphatic carbocycles. The summed E-state index contributed by atoms with van der Waals surface area (Å²) in [6.07, 6.45) is 0. The number of halogens is 1. The van der Waals surface area contributed by atoms with Crippen LogP contribution in [0, 0.1) is 11.3 Å². The topological polar surface area (TPSA) is 33.0 Å². The zero-order valence-electron chi connectivity index (χ0n) is 12.4. The largest absolute Gasteiger partial charge is 0.489 e. The van der Waals surface area contributed by atoms with Gasteiger partial charge in [-0.2, -0.15) is 5.26 Å². The van der Waals surface area contributed by atoms with E-state index in [-0.39, 0.29) is 0 Å². The lowest BCUT2D eigenvalue weighted by Gasteiger charge is -2.09. The molecule has 3 rings (SSSR count). The number of hydrogen-bond donors (Lipinski definition) is 0. The standard InChI is InChI=1S/C20H14BrNO/c21-20-4-2-1-3-18(20)14-23-19-11-9-17(10-12-19)16-7-5-15(13-22)6-8-16/h1-12H,14H2. The van der Waals surface area contributed by atoms with Gasteiger partial charge in [0.25, 0.3) is 0 Å². The van der Waals surface area contributed by atoms with Crippen LogP contribution in [0.3, 0.4) is 0 Å². The summed E-state index contributed by atoms with van der Waals surface area (Å²) in [6, 6.07) is 25.7. The monoisotopic (exact) mass is 363 g/mol. The molecule has 3 aromatic carbocycles. The van der Waals surface area contributed by atoms with Crippen molar-refractivity contribution in [3.05, 3.63) is 88.4 Å². The number of ether oxygens (including phenoxy) is 1. The van der Waals surface area contributed by atoms with Crippen LogP contribution in [-0.4, -0.2) is 0 Å². The van der Waals surface area contributed by atoms with Crippen molar-refractivity contribution in [2.75, 3.05) is 0 Å². The number of benzene rings is 3. The first-order valence-corrected chi connectivity index (χ1v) is 8.02. The zero-order valence-corrected chi connectivity index (χ0v) is 14.0. The van der Waals surface area contributed by atoms with E-state index >= 15 is 0 Å². The molecule has 2 nitrogen and oxygen atoms in total. The van der Waals surface area contributed by atoms with E-state index in [1.54, 1.807) is 0 Å². The SMILES string of the molecule is N#Cc1ccc(-c2ccc(OCc3ccccc3Br)cc2)cc1. The number of rotatable bonds is 4. The predicted octanol–water partition coefficient (Wildman–Crippen LogP) is 5.57. The Labute approximate surface area is 144 Å². The van der Waals surface area contributed by atoms with Crippen LogP contribution in [0.4, 0.5) is 0 Å². The van der Waals surface area contributed by atoms with Crippen LogP contribution >= 0.6 is 15.9 Å². The van der Waals surface area contributed by atoms with Crippen molar-refractivity contribution < 1.29 is 4.74 Å². The van der Waals surface area contributed by atoms with Crippen molar-refractivity contribution in [3.8, 4) is 22.9 Å². The molecule has 0 radical (unpaired) electrons. The molecule has 3 aromatic rings. The van der Waals surface area contributed by atoms with E-state index in [1.807, 2.05) is 72.8 Å². The molecule has 23 heavy (non-hydrogen) atoms. The molecule has 0 unspecified atom stereocenters. The van der Waals surface area contributed by atoms with Gasteiger partial charge in [-0.05, 0) is 41.5 Å². The van der Waals surface area contributed by atoms with E-state index in [9.17, 15) is 0 Å². The molecule has 0 aromatic heterocycles. The van der Waals surface area contributed by atoms with Gasteiger partial charge < -0.3 is 4.74 Å². The zero-order chi connectivity index (χ0) is 16.1. The minimum Gasteiger partial charge on any atom is -0.489 e. The normalized spacial score (nSPS) is 10.1. The van der Waals surface area contributed by atoms with Crippen LogP contribution in [0.5, 0.6) is 5.75 Å². The van der Waals surface area contributed by atoms with Gasteiger partial charge in [-0.3, -0.25) is 0 Å². The molecule has 0 spiro atoms. The Morgan fingerprint density at radius 1 is 0.826 bits per heavy atom. The summed E-state index contributed by atoms with van der Waals surface area (Å²) in [7, 11) is 0. The summed E-state index contributed by atoms with van der Waals surface area (Å²) >= 11 is 3.52. The average Bonchev–Trinajstić information content (AvgIpc) is 2.62. The Morgan fingerprint density at radius 2 is 1.43 bits per heavy atom. The molecule has 0 saturated carbocycles. The van der Waals surface area contributed by atoms with E-state index in [2.05, 4.69) is 22.0 Å². The minimum absolute atomic E-state index is 0.525. The average molecular weight is 364 g/mol. The van der Waals surface area contributed by atoms with Crippen molar-refractivity contribution in [1.82, 2.24) is 0 Å². The molecule has 112 valence electrons. The second-order valence-corrected chi connectivity index (χ2v) is 5.95. The lowest BCUT2D eigenvalue weighted by molar-refractivity contribution is 0.305. The third-order valence-corrected chi connectivity index (χ3v) is 4.33. The van der Waals surface area contributed by atoms with Gasteiger partial charge in [0.15, 0.2) is 0 Å². The molecule has 0 N–H and O–H groups in total. The number of hydrogen-bond acceptors (Lipinski definition) is 2. The first kappa shape index (κ1) is 15.3. The summed E-state index contributed by atoms with van der Waals surface area (Å²) in [5, 5.41) is 8.84. The Morgan fingerprint density at radius 3 is 2.04 bits per heavy atom. The van der Waals surface area contributed by atoms with Gasteiger partial charge in [0.1, 0.15) is 12.4 Å². The van der Waals surface area contributed by atoms with Crippen LogP contribution in [0.2, 0.25) is 0 Å². The van der Waals surface area contributed by atoms with E-state index in [4.69, 9.17) is 10.00 Å². The van der Waals surface area contributed by atoms with Crippen LogP contribution in [0.25, 0.3) is 11.1 Å². The highest BCUT2D eigenvalue weighted by Gasteiger charge is 2.02. The molecule has 0 aliphatic rings. The van der Waals surface area contributed by atoms with Crippen LogP contribution in [-0.2, 0) is 6.61 Å². The fourth-order valence-corrected chi connectivity index (χ4v) is 2.66. The smallest absolute Gasteiger partial charge is 0.119 e. The van der Waals surface area contributed by atoms with E-state index in [1.165, 1.54) is 0 Å². The predicted molar refractivity (Wildman–Crippen MR) is 95.1 cm³/mol. The maximum absolute atomic E-state index is 8.84. The van der Waals surface area contributed by atoms with Crippen molar-refractivity contribution >= 4 is 15.9 Å². The van der Waals surface area contributed by atoms with Crippen molar-refractivity contribution in [2.24, 2.45) is 0 Å². The molecular formula is C20H14BrNO. The second kappa shape index (κ2) is 7.13. The first-order valence-electron chi connectivity index (χ1n) is 7.23. The molecule has 0 atom stereocenters.